The molecule has 1 rings (SSSR count). The minimum atomic E-state index is -0.0403. The lowest BCUT2D eigenvalue weighted by atomic mass is 9.69. The fourth-order valence-electron chi connectivity index (χ4n) is 3.61. The monoisotopic (exact) mass is 269 g/mol. The van der Waals surface area contributed by atoms with Crippen LogP contribution in [-0.4, -0.2) is 23.8 Å². The van der Waals surface area contributed by atoms with Gasteiger partial charge in [0.1, 0.15) is 0 Å². The number of rotatable bonds is 6. The Kier molecular flexibility index (Phi) is 5.12. The average Bonchev–Trinajstić information content (AvgIpc) is 2.47. The zero-order valence-corrected chi connectivity index (χ0v) is 14.4. The lowest BCUT2D eigenvalue weighted by molar-refractivity contribution is -0.0822. The molecule has 1 fully saturated rings. The van der Waals surface area contributed by atoms with Gasteiger partial charge >= 0.3 is 0 Å². The first-order chi connectivity index (χ1) is 8.56. The SMILES string of the molecule is CCCNC(C1CC(C)(C)OC1(C)C)C(C)(C)CC. The summed E-state index contributed by atoms with van der Waals surface area (Å²) in [5.74, 6) is 0.573. The third-order valence-corrected chi connectivity index (χ3v) is 4.91. The zero-order valence-electron chi connectivity index (χ0n) is 14.4. The summed E-state index contributed by atoms with van der Waals surface area (Å²) in [4.78, 5) is 0. The zero-order chi connectivity index (χ0) is 14.9. The minimum absolute atomic E-state index is 0.00410. The highest BCUT2D eigenvalue weighted by Gasteiger charge is 2.51. The molecule has 1 aliphatic heterocycles. The molecular weight excluding hydrogens is 234 g/mol. The van der Waals surface area contributed by atoms with Crippen molar-refractivity contribution in [3.05, 3.63) is 0 Å². The van der Waals surface area contributed by atoms with Gasteiger partial charge in [-0.2, -0.15) is 0 Å². The third-order valence-electron chi connectivity index (χ3n) is 4.91. The molecule has 19 heavy (non-hydrogen) atoms. The normalized spacial score (nSPS) is 27.5. The smallest absolute Gasteiger partial charge is 0.0677 e. The number of ether oxygens (including phenoxy) is 1. The molecule has 0 spiro atoms. The second-order valence-electron chi connectivity index (χ2n) is 8.05. The fraction of sp³-hybridized carbons (Fsp3) is 1.00. The topological polar surface area (TPSA) is 21.3 Å². The highest BCUT2D eigenvalue weighted by molar-refractivity contribution is 5.03. The first-order valence-corrected chi connectivity index (χ1v) is 7.99. The van der Waals surface area contributed by atoms with Gasteiger partial charge < -0.3 is 10.1 Å². The van der Waals surface area contributed by atoms with Crippen molar-refractivity contribution >= 4 is 0 Å². The first-order valence-electron chi connectivity index (χ1n) is 7.99. The second-order valence-corrected chi connectivity index (χ2v) is 8.05. The van der Waals surface area contributed by atoms with E-state index >= 15 is 0 Å². The largest absolute Gasteiger partial charge is 0.369 e. The maximum absolute atomic E-state index is 6.31. The minimum Gasteiger partial charge on any atom is -0.369 e. The molecule has 0 aliphatic carbocycles. The molecule has 2 nitrogen and oxygen atoms in total. The van der Waals surface area contributed by atoms with Gasteiger partial charge in [-0.3, -0.25) is 0 Å². The molecule has 0 bridgehead atoms. The molecule has 114 valence electrons. The van der Waals surface area contributed by atoms with Gasteiger partial charge in [0, 0.05) is 12.0 Å². The van der Waals surface area contributed by atoms with Crippen LogP contribution >= 0.6 is 0 Å². The van der Waals surface area contributed by atoms with E-state index in [1.54, 1.807) is 0 Å². The van der Waals surface area contributed by atoms with E-state index in [9.17, 15) is 0 Å². The van der Waals surface area contributed by atoms with Crippen molar-refractivity contribution < 1.29 is 4.74 Å². The Bertz CT molecular complexity index is 294. The Morgan fingerprint density at radius 1 is 1.21 bits per heavy atom. The van der Waals surface area contributed by atoms with E-state index < -0.39 is 0 Å². The molecular formula is C17H35NO. The molecule has 0 aromatic heterocycles. The van der Waals surface area contributed by atoms with E-state index in [0.29, 0.717) is 17.4 Å². The predicted molar refractivity (Wildman–Crippen MR) is 83.5 cm³/mol. The predicted octanol–water partition coefficient (Wildman–Crippen LogP) is 4.38. The van der Waals surface area contributed by atoms with Gasteiger partial charge in [0.25, 0.3) is 0 Å². The molecule has 1 aliphatic rings. The van der Waals surface area contributed by atoms with Crippen LogP contribution in [0.2, 0.25) is 0 Å². The Labute approximate surface area is 120 Å². The van der Waals surface area contributed by atoms with Crippen LogP contribution in [0.1, 0.15) is 74.7 Å². The summed E-state index contributed by atoms with van der Waals surface area (Å²) in [6, 6.07) is 0.522. The Balaban J connectivity index is 2.97. The van der Waals surface area contributed by atoms with Crippen LogP contribution in [-0.2, 0) is 4.74 Å². The summed E-state index contributed by atoms with van der Waals surface area (Å²) in [5, 5.41) is 3.82. The summed E-state index contributed by atoms with van der Waals surface area (Å²) in [5.41, 5.74) is 0.270. The summed E-state index contributed by atoms with van der Waals surface area (Å²) in [6.07, 6.45) is 3.53. The molecule has 0 aromatic carbocycles. The summed E-state index contributed by atoms with van der Waals surface area (Å²) in [6.45, 7) is 19.4. The lowest BCUT2D eigenvalue weighted by Crippen LogP contribution is -2.52. The second kappa shape index (κ2) is 5.73. The number of hydrogen-bond donors (Lipinski definition) is 1. The lowest BCUT2D eigenvalue weighted by Gasteiger charge is -2.42. The highest BCUT2D eigenvalue weighted by atomic mass is 16.5. The van der Waals surface area contributed by atoms with Crippen molar-refractivity contribution in [2.75, 3.05) is 6.54 Å². The Morgan fingerprint density at radius 2 is 1.79 bits per heavy atom. The van der Waals surface area contributed by atoms with Crippen molar-refractivity contribution in [1.29, 1.82) is 0 Å². The van der Waals surface area contributed by atoms with Gasteiger partial charge in [-0.1, -0.05) is 27.7 Å². The van der Waals surface area contributed by atoms with Crippen molar-refractivity contribution in [2.24, 2.45) is 11.3 Å². The van der Waals surface area contributed by atoms with E-state index in [-0.39, 0.29) is 11.2 Å². The van der Waals surface area contributed by atoms with Crippen LogP contribution in [0.25, 0.3) is 0 Å². The maximum atomic E-state index is 6.31. The van der Waals surface area contributed by atoms with Gasteiger partial charge in [0.05, 0.1) is 11.2 Å². The third kappa shape index (κ3) is 3.95. The molecule has 1 N–H and O–H groups in total. The molecule has 0 amide bonds. The molecule has 0 radical (unpaired) electrons. The van der Waals surface area contributed by atoms with Gasteiger partial charge in [0.15, 0.2) is 0 Å². The molecule has 1 saturated heterocycles. The summed E-state index contributed by atoms with van der Waals surface area (Å²) >= 11 is 0. The van der Waals surface area contributed by atoms with Crippen molar-refractivity contribution in [2.45, 2.75) is 91.9 Å². The van der Waals surface area contributed by atoms with Gasteiger partial charge in [0.2, 0.25) is 0 Å². The van der Waals surface area contributed by atoms with Crippen LogP contribution in [0.4, 0.5) is 0 Å². The standard InChI is InChI=1S/C17H35NO/c1-9-11-18-14(15(3,4)10-2)13-12-16(5,6)19-17(13,7)8/h13-14,18H,9-12H2,1-8H3. The van der Waals surface area contributed by atoms with Crippen molar-refractivity contribution in [3.63, 3.8) is 0 Å². The van der Waals surface area contributed by atoms with Crippen molar-refractivity contribution in [3.8, 4) is 0 Å². The number of nitrogens with one attached hydrogen (secondary N) is 1. The maximum Gasteiger partial charge on any atom is 0.0677 e. The van der Waals surface area contributed by atoms with Gasteiger partial charge in [-0.25, -0.2) is 0 Å². The molecule has 1 heterocycles. The van der Waals surface area contributed by atoms with Crippen LogP contribution in [0.15, 0.2) is 0 Å². The van der Waals surface area contributed by atoms with Crippen LogP contribution in [0.3, 0.4) is 0 Å². The molecule has 2 heteroatoms. The molecule has 2 unspecified atom stereocenters. The fourth-order valence-corrected chi connectivity index (χ4v) is 3.61. The molecule has 0 aromatic rings. The molecule has 0 saturated carbocycles. The van der Waals surface area contributed by atoms with Crippen molar-refractivity contribution in [1.82, 2.24) is 5.32 Å². The molecule has 2 atom stereocenters. The number of hydrogen-bond acceptors (Lipinski definition) is 2. The quantitative estimate of drug-likeness (QED) is 0.772. The average molecular weight is 269 g/mol. The highest BCUT2D eigenvalue weighted by Crippen LogP contribution is 2.47. The summed E-state index contributed by atoms with van der Waals surface area (Å²) in [7, 11) is 0. The summed E-state index contributed by atoms with van der Waals surface area (Å²) < 4.78 is 6.31. The Morgan fingerprint density at radius 3 is 2.16 bits per heavy atom. The van der Waals surface area contributed by atoms with Gasteiger partial charge in [-0.15, -0.1) is 0 Å². The first kappa shape index (κ1) is 17.0. The van der Waals surface area contributed by atoms with Gasteiger partial charge in [-0.05, 0) is 58.9 Å². The van der Waals surface area contributed by atoms with Crippen LogP contribution < -0.4 is 5.32 Å². The van der Waals surface area contributed by atoms with E-state index in [0.717, 1.165) is 13.0 Å². The van der Waals surface area contributed by atoms with Crippen LogP contribution in [0, 0.1) is 11.3 Å². The van der Waals surface area contributed by atoms with E-state index in [2.05, 4.69) is 60.7 Å². The van der Waals surface area contributed by atoms with Crippen LogP contribution in [0.5, 0.6) is 0 Å². The van der Waals surface area contributed by atoms with E-state index in [4.69, 9.17) is 4.74 Å². The van der Waals surface area contributed by atoms with E-state index in [1.807, 2.05) is 0 Å². The van der Waals surface area contributed by atoms with E-state index in [1.165, 1.54) is 12.8 Å². The Hall–Kier alpha value is -0.0800.